The first-order valence-corrected chi connectivity index (χ1v) is 11.3. The fourth-order valence-electron chi connectivity index (χ4n) is 6.46. The number of quaternary nitrogens is 1. The largest absolute Gasteiger partial charge is 0.448 e. The van der Waals surface area contributed by atoms with Crippen LogP contribution in [0.2, 0.25) is 0 Å². The van der Waals surface area contributed by atoms with Gasteiger partial charge < -0.3 is 9.47 Å². The van der Waals surface area contributed by atoms with E-state index in [4.69, 9.17) is 14.6 Å². The Morgan fingerprint density at radius 1 is 0.882 bits per heavy atom. The number of aryl methyl sites for hydroxylation is 1. The normalized spacial score (nSPS) is 18.7. The molecule has 1 unspecified atom stereocenters. The van der Waals surface area contributed by atoms with Gasteiger partial charge in [0, 0.05) is 20.9 Å². The van der Waals surface area contributed by atoms with Crippen molar-refractivity contribution >= 4 is 27.6 Å². The molecule has 158 valence electrons. The number of benzene rings is 2. The lowest BCUT2D eigenvalue weighted by Gasteiger charge is -2.31. The van der Waals surface area contributed by atoms with E-state index in [1.54, 1.807) is 0 Å². The summed E-state index contributed by atoms with van der Waals surface area (Å²) in [6, 6.07) is 22.9. The fraction of sp³-hybridized carbons (Fsp3) is 0.0385. The minimum absolute atomic E-state index is 0.194. The highest BCUT2D eigenvalue weighted by molar-refractivity contribution is 6.11. The quantitative estimate of drug-likeness (QED) is 0.262. The van der Waals surface area contributed by atoms with Crippen LogP contribution in [-0.2, 0) is 0 Å². The van der Waals surface area contributed by atoms with Crippen molar-refractivity contribution in [2.75, 3.05) is 0 Å². The molecule has 8 heterocycles. The molecule has 0 bridgehead atoms. The number of hydrogen-bond donors (Lipinski definition) is 0. The third-order valence-corrected chi connectivity index (χ3v) is 7.56. The molecule has 1 spiro atoms. The van der Waals surface area contributed by atoms with Gasteiger partial charge in [-0.15, -0.1) is 5.10 Å². The van der Waals surface area contributed by atoms with Crippen LogP contribution >= 0.6 is 0 Å². The number of aromatic nitrogens is 5. The van der Waals surface area contributed by atoms with Gasteiger partial charge in [0.25, 0.3) is 5.69 Å². The maximum Gasteiger partial charge on any atom is 0.438 e. The lowest BCUT2D eigenvalue weighted by molar-refractivity contribution is -1.05. The summed E-state index contributed by atoms with van der Waals surface area (Å²) in [6.07, 6.45) is 2.14. The van der Waals surface area contributed by atoms with Crippen molar-refractivity contribution in [2.45, 2.75) is 6.92 Å². The van der Waals surface area contributed by atoms with E-state index in [1.807, 2.05) is 37.3 Å². The van der Waals surface area contributed by atoms with Crippen LogP contribution in [0.1, 0.15) is 5.69 Å². The van der Waals surface area contributed by atoms with Crippen LogP contribution in [0.15, 0.2) is 72.9 Å². The first-order chi connectivity index (χ1) is 16.8. The van der Waals surface area contributed by atoms with E-state index in [-0.39, 0.29) is 4.81 Å². The van der Waals surface area contributed by atoms with Crippen LogP contribution in [0.5, 0.6) is 23.1 Å². The van der Waals surface area contributed by atoms with E-state index in [0.717, 1.165) is 62.7 Å². The molecule has 4 aliphatic heterocycles. The molecular weight excluding hydrogens is 428 g/mol. The maximum atomic E-state index is 6.54. The SMILES string of the molecule is Cc1cc2n(n1)[N+]13c4c(ccc5c4-n4c6c(cccc6c6ccc[n+]1c64)O5)Oc1cccc-2[n+]13. The van der Waals surface area contributed by atoms with Crippen molar-refractivity contribution in [3.8, 4) is 40.2 Å². The van der Waals surface area contributed by atoms with Gasteiger partial charge >= 0.3 is 22.9 Å². The van der Waals surface area contributed by atoms with Crippen LogP contribution in [0.4, 0.5) is 5.69 Å². The highest BCUT2D eigenvalue weighted by atomic mass is 16.5. The number of para-hydroxylation sites is 1. The van der Waals surface area contributed by atoms with E-state index >= 15 is 0 Å². The lowest BCUT2D eigenvalue weighted by atomic mass is 10.1. The van der Waals surface area contributed by atoms with Gasteiger partial charge in [-0.05, 0) is 55.5 Å². The van der Waals surface area contributed by atoms with Crippen LogP contribution in [0, 0.1) is 6.92 Å². The van der Waals surface area contributed by atoms with Crippen LogP contribution < -0.4 is 23.6 Å². The molecule has 0 fully saturated rings. The fourth-order valence-corrected chi connectivity index (χ4v) is 6.46. The molecule has 0 amide bonds. The Labute approximate surface area is 191 Å². The smallest absolute Gasteiger partial charge is 0.438 e. The van der Waals surface area contributed by atoms with Crippen LogP contribution in [-0.4, -0.2) is 14.5 Å². The summed E-state index contributed by atoms with van der Waals surface area (Å²) in [7, 11) is 0. The Bertz CT molecular complexity index is 2000. The molecule has 0 N–H and O–H groups in total. The predicted octanol–water partition coefficient (Wildman–Crippen LogP) is 4.07. The summed E-state index contributed by atoms with van der Waals surface area (Å²) < 4.78 is 19.9. The maximum absolute atomic E-state index is 6.54. The highest BCUT2D eigenvalue weighted by Crippen LogP contribution is 2.56. The zero-order valence-corrected chi connectivity index (χ0v) is 17.9. The average molecular weight is 443 g/mol. The minimum Gasteiger partial charge on any atom is -0.448 e. The molecule has 8 nitrogen and oxygen atoms in total. The van der Waals surface area contributed by atoms with Gasteiger partial charge in [0.1, 0.15) is 4.68 Å². The second kappa shape index (κ2) is 4.66. The zero-order chi connectivity index (χ0) is 21.9. The van der Waals surface area contributed by atoms with Crippen molar-refractivity contribution in [1.29, 1.82) is 0 Å². The number of nitrogens with zero attached hydrogens (tertiary/aromatic N) is 6. The number of hydrogen-bond acceptors (Lipinski definition) is 3. The van der Waals surface area contributed by atoms with E-state index in [2.05, 4.69) is 61.3 Å². The van der Waals surface area contributed by atoms with Crippen molar-refractivity contribution in [1.82, 2.24) is 19.3 Å². The highest BCUT2D eigenvalue weighted by Gasteiger charge is 2.72. The van der Waals surface area contributed by atoms with E-state index in [0.29, 0.717) is 0 Å². The molecule has 6 aromatic rings. The van der Waals surface area contributed by atoms with Crippen LogP contribution in [0.25, 0.3) is 39.0 Å². The summed E-state index contributed by atoms with van der Waals surface area (Å²) >= 11 is 0. The van der Waals surface area contributed by atoms with E-state index < -0.39 is 0 Å². The van der Waals surface area contributed by atoms with Gasteiger partial charge in [-0.2, -0.15) is 4.57 Å². The van der Waals surface area contributed by atoms with Gasteiger partial charge in [-0.1, -0.05) is 6.07 Å². The molecule has 0 radical (unpaired) electrons. The molecule has 4 aliphatic rings. The van der Waals surface area contributed by atoms with Gasteiger partial charge in [0.2, 0.25) is 16.3 Å². The molecule has 34 heavy (non-hydrogen) atoms. The zero-order valence-electron chi connectivity index (χ0n) is 17.9. The van der Waals surface area contributed by atoms with Crippen molar-refractivity contribution < 1.29 is 18.8 Å². The van der Waals surface area contributed by atoms with E-state index in [1.165, 1.54) is 10.8 Å². The monoisotopic (exact) mass is 443 g/mol. The second-order valence-electron chi connectivity index (χ2n) is 9.23. The molecule has 8 heteroatoms. The Morgan fingerprint density at radius 3 is 2.74 bits per heavy atom. The molecule has 1 atom stereocenters. The Kier molecular flexibility index (Phi) is 2.19. The first-order valence-electron chi connectivity index (χ1n) is 11.3. The number of ether oxygens (including phenoxy) is 2. The van der Waals surface area contributed by atoms with Gasteiger partial charge in [0.05, 0.1) is 17.1 Å². The Hall–Kier alpha value is -4.69. The summed E-state index contributed by atoms with van der Waals surface area (Å²) in [4.78, 5) is 2.30. The molecular formula is C26H15N6O2+3. The number of pyridine rings is 2. The minimum atomic E-state index is 0.194. The molecule has 0 saturated carbocycles. The third-order valence-electron chi connectivity index (χ3n) is 7.56. The standard InChI is InChI=1S/C26H15N6O2/c1-14-13-18-17-7-3-9-22-30(17)32(31(18)27-14)25-21(34-22)11-10-20-24(25)29-23-15(5-2-8-19(23)33-20)16-6-4-12-28(32)26(16)29/h2-13H,1H3/q+3. The third kappa shape index (κ3) is 1.35. The molecule has 2 aromatic carbocycles. The summed E-state index contributed by atoms with van der Waals surface area (Å²) in [5.41, 5.74) is 7.20. The molecule has 0 aliphatic carbocycles. The Morgan fingerprint density at radius 2 is 1.76 bits per heavy atom. The number of rotatable bonds is 0. The van der Waals surface area contributed by atoms with Gasteiger partial charge in [0.15, 0.2) is 23.2 Å². The first kappa shape index (κ1) is 16.0. The van der Waals surface area contributed by atoms with Crippen molar-refractivity contribution in [2.24, 2.45) is 0 Å². The van der Waals surface area contributed by atoms with Gasteiger partial charge in [-0.3, -0.25) is 0 Å². The summed E-state index contributed by atoms with van der Waals surface area (Å²) in [5.74, 6) is 3.23. The average Bonchev–Trinajstić information content (AvgIpc) is 3.49. The summed E-state index contributed by atoms with van der Waals surface area (Å²) in [6.45, 7) is 2.04. The van der Waals surface area contributed by atoms with Gasteiger partial charge in [-0.25, -0.2) is 0 Å². The van der Waals surface area contributed by atoms with Crippen molar-refractivity contribution in [3.05, 3.63) is 78.6 Å². The molecule has 0 saturated heterocycles. The van der Waals surface area contributed by atoms with E-state index in [9.17, 15) is 0 Å². The second-order valence-corrected chi connectivity index (χ2v) is 9.23. The Balaban J connectivity index is 1.59. The lowest BCUT2D eigenvalue weighted by Crippen LogP contribution is -2.88. The molecule has 10 rings (SSSR count). The summed E-state index contributed by atoms with van der Waals surface area (Å²) in [5, 5.41) is 7.39. The number of fused-ring (bicyclic) bond motifs is 3. The van der Waals surface area contributed by atoms with Crippen molar-refractivity contribution in [3.63, 3.8) is 0 Å². The predicted molar refractivity (Wildman–Crippen MR) is 122 cm³/mol. The molecule has 4 aromatic heterocycles. The van der Waals surface area contributed by atoms with Crippen LogP contribution in [0.3, 0.4) is 0 Å². The topological polar surface area (TPSA) is 49.0 Å².